The van der Waals surface area contributed by atoms with Gasteiger partial charge in [-0.2, -0.15) is 0 Å². The minimum Gasteiger partial charge on any atom is -0.361 e. The fourth-order valence-corrected chi connectivity index (χ4v) is 1.78. The second-order valence-corrected chi connectivity index (χ2v) is 4.13. The van der Waals surface area contributed by atoms with Crippen LogP contribution in [0.4, 0.5) is 0 Å². The summed E-state index contributed by atoms with van der Waals surface area (Å²) in [5, 5.41) is 4.03. The first kappa shape index (κ1) is 10.4. The molecule has 1 saturated heterocycles. The van der Waals surface area contributed by atoms with E-state index in [1.54, 1.807) is 0 Å². The van der Waals surface area contributed by atoms with Gasteiger partial charge in [0.25, 0.3) is 0 Å². The number of ketones is 1. The van der Waals surface area contributed by atoms with Crippen molar-refractivity contribution in [2.75, 3.05) is 13.1 Å². The minimum atomic E-state index is 0.374. The third kappa shape index (κ3) is 2.26. The summed E-state index contributed by atoms with van der Waals surface area (Å²) in [6.07, 6.45) is 1.35. The van der Waals surface area contributed by atoms with Crippen molar-refractivity contribution in [2.24, 2.45) is 0 Å². The molecule has 0 atom stereocenters. The molecule has 4 nitrogen and oxygen atoms in total. The van der Waals surface area contributed by atoms with Crippen LogP contribution < -0.4 is 0 Å². The van der Waals surface area contributed by atoms with Crippen molar-refractivity contribution in [1.82, 2.24) is 10.1 Å². The molecule has 0 aromatic carbocycles. The third-order valence-corrected chi connectivity index (χ3v) is 3.04. The summed E-state index contributed by atoms with van der Waals surface area (Å²) in [4.78, 5) is 13.3. The monoisotopic (exact) mass is 208 g/mol. The van der Waals surface area contributed by atoms with E-state index in [-0.39, 0.29) is 0 Å². The summed E-state index contributed by atoms with van der Waals surface area (Å²) >= 11 is 0. The Bertz CT molecular complexity index is 361. The Balaban J connectivity index is 1.97. The first-order valence-electron chi connectivity index (χ1n) is 5.32. The van der Waals surface area contributed by atoms with E-state index >= 15 is 0 Å². The molecule has 0 amide bonds. The lowest BCUT2D eigenvalue weighted by molar-refractivity contribution is -0.121. The van der Waals surface area contributed by atoms with E-state index < -0.39 is 0 Å². The number of Topliss-reactive ketones (excluding diaryl/α,β-unsaturated/α-hetero) is 1. The predicted octanol–water partition coefficient (Wildman–Crippen LogP) is 1.46. The average Bonchev–Trinajstić information content (AvgIpc) is 2.53. The molecule has 0 N–H and O–H groups in total. The van der Waals surface area contributed by atoms with E-state index in [9.17, 15) is 4.79 Å². The van der Waals surface area contributed by atoms with Crippen molar-refractivity contribution in [3.05, 3.63) is 17.0 Å². The zero-order valence-electron chi connectivity index (χ0n) is 9.25. The number of nitrogens with zero attached hydrogens (tertiary/aromatic N) is 2. The molecule has 1 aromatic heterocycles. The SMILES string of the molecule is Cc1onc(CN2CCC(=O)CC2)c1C. The van der Waals surface area contributed by atoms with Gasteiger partial charge in [-0.3, -0.25) is 9.69 Å². The smallest absolute Gasteiger partial charge is 0.136 e. The van der Waals surface area contributed by atoms with Crippen LogP contribution >= 0.6 is 0 Å². The molecular weight excluding hydrogens is 192 g/mol. The number of aryl methyl sites for hydroxylation is 1. The molecule has 1 aliphatic heterocycles. The van der Waals surface area contributed by atoms with E-state index in [1.807, 2.05) is 13.8 Å². The largest absolute Gasteiger partial charge is 0.361 e. The maximum atomic E-state index is 11.1. The Morgan fingerprint density at radius 3 is 2.53 bits per heavy atom. The fraction of sp³-hybridized carbons (Fsp3) is 0.636. The molecule has 4 heteroatoms. The van der Waals surface area contributed by atoms with Crippen LogP contribution in [0.3, 0.4) is 0 Å². The number of likely N-dealkylation sites (tertiary alicyclic amines) is 1. The van der Waals surface area contributed by atoms with Crippen LogP contribution in [0, 0.1) is 13.8 Å². The summed E-state index contributed by atoms with van der Waals surface area (Å²) < 4.78 is 5.11. The molecule has 82 valence electrons. The molecule has 0 saturated carbocycles. The summed E-state index contributed by atoms with van der Waals surface area (Å²) in [7, 11) is 0. The Kier molecular flexibility index (Phi) is 2.86. The summed E-state index contributed by atoms with van der Waals surface area (Å²) in [6, 6.07) is 0. The lowest BCUT2D eigenvalue weighted by Crippen LogP contribution is -2.33. The molecule has 0 radical (unpaired) electrons. The number of hydrogen-bond donors (Lipinski definition) is 0. The standard InChI is InChI=1S/C11H16N2O2/c1-8-9(2)15-12-11(8)7-13-5-3-10(14)4-6-13/h3-7H2,1-2H3. The Labute approximate surface area is 89.2 Å². The number of rotatable bonds is 2. The highest BCUT2D eigenvalue weighted by atomic mass is 16.5. The number of carbonyl (C=O) groups is 1. The lowest BCUT2D eigenvalue weighted by Gasteiger charge is -2.24. The van der Waals surface area contributed by atoms with Gasteiger partial charge in [0.05, 0.1) is 0 Å². The zero-order valence-corrected chi connectivity index (χ0v) is 9.25. The van der Waals surface area contributed by atoms with Crippen molar-refractivity contribution in [3.63, 3.8) is 0 Å². The third-order valence-electron chi connectivity index (χ3n) is 3.04. The van der Waals surface area contributed by atoms with Gasteiger partial charge in [-0.05, 0) is 13.8 Å². The van der Waals surface area contributed by atoms with E-state index in [0.29, 0.717) is 18.6 Å². The second kappa shape index (κ2) is 4.14. The van der Waals surface area contributed by atoms with E-state index in [4.69, 9.17) is 4.52 Å². The number of hydrogen-bond acceptors (Lipinski definition) is 4. The van der Waals surface area contributed by atoms with Gasteiger partial charge in [0.1, 0.15) is 17.2 Å². The molecule has 0 unspecified atom stereocenters. The molecule has 1 fully saturated rings. The van der Waals surface area contributed by atoms with Gasteiger partial charge in [0.2, 0.25) is 0 Å². The van der Waals surface area contributed by atoms with Crippen molar-refractivity contribution in [1.29, 1.82) is 0 Å². The molecule has 1 aromatic rings. The van der Waals surface area contributed by atoms with Gasteiger partial charge in [-0.25, -0.2) is 0 Å². The normalized spacial score (nSPS) is 18.4. The topological polar surface area (TPSA) is 46.3 Å². The highest BCUT2D eigenvalue weighted by Crippen LogP contribution is 2.15. The van der Waals surface area contributed by atoms with Gasteiger partial charge >= 0.3 is 0 Å². The van der Waals surface area contributed by atoms with Gasteiger partial charge < -0.3 is 4.52 Å². The van der Waals surface area contributed by atoms with Crippen LogP contribution in [-0.4, -0.2) is 28.9 Å². The zero-order chi connectivity index (χ0) is 10.8. The Morgan fingerprint density at radius 1 is 1.33 bits per heavy atom. The first-order chi connectivity index (χ1) is 7.16. The van der Waals surface area contributed by atoms with Crippen LogP contribution in [0.1, 0.15) is 29.9 Å². The first-order valence-corrected chi connectivity index (χ1v) is 5.32. The fourth-order valence-electron chi connectivity index (χ4n) is 1.78. The Hall–Kier alpha value is -1.16. The Morgan fingerprint density at radius 2 is 2.00 bits per heavy atom. The van der Waals surface area contributed by atoms with Crippen molar-refractivity contribution in [2.45, 2.75) is 33.2 Å². The summed E-state index contributed by atoms with van der Waals surface area (Å²) in [6.45, 7) is 6.45. The average molecular weight is 208 g/mol. The molecule has 15 heavy (non-hydrogen) atoms. The molecule has 2 rings (SSSR count). The van der Waals surface area contributed by atoms with E-state index in [1.165, 1.54) is 0 Å². The second-order valence-electron chi connectivity index (χ2n) is 4.13. The van der Waals surface area contributed by atoms with Crippen LogP contribution in [0.15, 0.2) is 4.52 Å². The molecule has 1 aliphatic rings. The van der Waals surface area contributed by atoms with Gasteiger partial charge in [0.15, 0.2) is 0 Å². The van der Waals surface area contributed by atoms with Crippen molar-refractivity contribution >= 4 is 5.78 Å². The van der Waals surface area contributed by atoms with Gasteiger partial charge in [-0.15, -0.1) is 0 Å². The van der Waals surface area contributed by atoms with Crippen LogP contribution in [0.5, 0.6) is 0 Å². The predicted molar refractivity (Wildman–Crippen MR) is 55.5 cm³/mol. The van der Waals surface area contributed by atoms with Gasteiger partial charge in [-0.1, -0.05) is 5.16 Å². The van der Waals surface area contributed by atoms with Crippen molar-refractivity contribution < 1.29 is 9.32 Å². The van der Waals surface area contributed by atoms with Crippen LogP contribution in [-0.2, 0) is 11.3 Å². The molecule has 2 heterocycles. The minimum absolute atomic E-state index is 0.374. The number of carbonyl (C=O) groups excluding carboxylic acids is 1. The van der Waals surface area contributed by atoms with E-state index in [2.05, 4.69) is 10.1 Å². The van der Waals surface area contributed by atoms with Crippen LogP contribution in [0.2, 0.25) is 0 Å². The maximum Gasteiger partial charge on any atom is 0.136 e. The molecular formula is C11H16N2O2. The quantitative estimate of drug-likeness (QED) is 0.738. The number of aromatic nitrogens is 1. The highest BCUT2D eigenvalue weighted by molar-refractivity contribution is 5.79. The molecule has 0 aliphatic carbocycles. The summed E-state index contributed by atoms with van der Waals surface area (Å²) in [5.41, 5.74) is 2.13. The molecule has 0 spiro atoms. The van der Waals surface area contributed by atoms with Gasteiger partial charge in [0, 0.05) is 38.0 Å². The summed E-state index contributed by atoms with van der Waals surface area (Å²) in [5.74, 6) is 1.26. The van der Waals surface area contributed by atoms with Crippen LogP contribution in [0.25, 0.3) is 0 Å². The van der Waals surface area contributed by atoms with E-state index in [0.717, 1.165) is 36.7 Å². The molecule has 0 bridgehead atoms. The van der Waals surface area contributed by atoms with Crippen molar-refractivity contribution in [3.8, 4) is 0 Å². The highest BCUT2D eigenvalue weighted by Gasteiger charge is 2.18. The number of piperidine rings is 1. The lowest BCUT2D eigenvalue weighted by atomic mass is 10.1. The maximum absolute atomic E-state index is 11.1.